The number of aryl methyl sites for hydroxylation is 1. The largest absolute Gasteiger partial charge is 0.467 e. The van der Waals surface area contributed by atoms with Crippen LogP contribution in [-0.4, -0.2) is 53.7 Å². The number of rotatable bonds is 4. The molecule has 0 bridgehead atoms. The number of carbonyl (C=O) groups is 3. The SMILES string of the molecule is Cc1cccc(N2CCN(C(=O)c3ccc4c(c3)C(=O)N(Cc3ccco3)C4=O)CC2)c1. The van der Waals surface area contributed by atoms with Crippen molar-refractivity contribution in [2.75, 3.05) is 31.1 Å². The summed E-state index contributed by atoms with van der Waals surface area (Å²) in [6.07, 6.45) is 1.50. The summed E-state index contributed by atoms with van der Waals surface area (Å²) in [4.78, 5) is 43.8. The zero-order valence-corrected chi connectivity index (χ0v) is 17.8. The molecule has 0 atom stereocenters. The molecule has 7 heteroatoms. The minimum atomic E-state index is -0.402. The van der Waals surface area contributed by atoms with Crippen molar-refractivity contribution in [2.24, 2.45) is 0 Å². The molecule has 5 rings (SSSR count). The molecule has 1 saturated heterocycles. The predicted octanol–water partition coefficient (Wildman–Crippen LogP) is 3.35. The molecule has 0 aliphatic carbocycles. The number of carbonyl (C=O) groups excluding carboxylic acids is 3. The molecule has 162 valence electrons. The molecule has 0 N–H and O–H groups in total. The zero-order chi connectivity index (χ0) is 22.2. The molecular formula is C25H23N3O4. The summed E-state index contributed by atoms with van der Waals surface area (Å²) >= 11 is 0. The molecule has 3 heterocycles. The standard InChI is InChI=1S/C25H23N3O4/c1-17-4-2-5-19(14-17)26-9-11-27(12-10-26)23(29)18-7-8-21-22(15-18)25(31)28(24(21)30)16-20-6-3-13-32-20/h2-8,13-15H,9-12,16H2,1H3. The summed E-state index contributed by atoms with van der Waals surface area (Å²) in [5, 5.41) is 0. The number of furan rings is 1. The number of fused-ring (bicyclic) bond motifs is 1. The second-order valence-corrected chi connectivity index (χ2v) is 8.15. The smallest absolute Gasteiger partial charge is 0.261 e. The lowest BCUT2D eigenvalue weighted by Gasteiger charge is -2.36. The van der Waals surface area contributed by atoms with Crippen molar-refractivity contribution >= 4 is 23.4 Å². The zero-order valence-electron chi connectivity index (χ0n) is 17.8. The van der Waals surface area contributed by atoms with Gasteiger partial charge in [-0.05, 0) is 55.0 Å². The molecule has 0 radical (unpaired) electrons. The van der Waals surface area contributed by atoms with Crippen LogP contribution in [0.5, 0.6) is 0 Å². The van der Waals surface area contributed by atoms with Gasteiger partial charge in [0, 0.05) is 37.4 Å². The Balaban J connectivity index is 1.29. The second-order valence-electron chi connectivity index (χ2n) is 8.15. The fourth-order valence-electron chi connectivity index (χ4n) is 4.30. The van der Waals surface area contributed by atoms with Crippen LogP contribution in [0.3, 0.4) is 0 Å². The molecule has 3 aromatic rings. The Bertz CT molecular complexity index is 1190. The lowest BCUT2D eigenvalue weighted by Crippen LogP contribution is -2.48. The van der Waals surface area contributed by atoms with E-state index >= 15 is 0 Å². The summed E-state index contributed by atoms with van der Waals surface area (Å²) in [5.41, 5.74) is 3.39. The van der Waals surface area contributed by atoms with Crippen molar-refractivity contribution in [2.45, 2.75) is 13.5 Å². The minimum Gasteiger partial charge on any atom is -0.467 e. The monoisotopic (exact) mass is 429 g/mol. The highest BCUT2D eigenvalue weighted by Crippen LogP contribution is 2.27. The number of imide groups is 1. The molecule has 7 nitrogen and oxygen atoms in total. The summed E-state index contributed by atoms with van der Waals surface area (Å²) in [6.45, 7) is 4.83. The van der Waals surface area contributed by atoms with E-state index in [1.54, 1.807) is 35.2 Å². The molecule has 0 unspecified atom stereocenters. The van der Waals surface area contributed by atoms with Crippen LogP contribution >= 0.6 is 0 Å². The number of hydrogen-bond acceptors (Lipinski definition) is 5. The Morgan fingerprint density at radius 2 is 1.69 bits per heavy atom. The van der Waals surface area contributed by atoms with Gasteiger partial charge in [0.15, 0.2) is 0 Å². The van der Waals surface area contributed by atoms with Crippen molar-refractivity contribution in [3.63, 3.8) is 0 Å². The molecule has 3 amide bonds. The fraction of sp³-hybridized carbons (Fsp3) is 0.240. The highest BCUT2D eigenvalue weighted by atomic mass is 16.3. The van der Waals surface area contributed by atoms with E-state index in [1.807, 2.05) is 6.07 Å². The number of nitrogens with zero attached hydrogens (tertiary/aromatic N) is 3. The van der Waals surface area contributed by atoms with Crippen LogP contribution in [0.4, 0.5) is 5.69 Å². The highest BCUT2D eigenvalue weighted by Gasteiger charge is 2.37. The van der Waals surface area contributed by atoms with Crippen molar-refractivity contribution < 1.29 is 18.8 Å². The van der Waals surface area contributed by atoms with E-state index in [0.29, 0.717) is 30.0 Å². The van der Waals surface area contributed by atoms with Crippen LogP contribution in [0.15, 0.2) is 65.3 Å². The van der Waals surface area contributed by atoms with Gasteiger partial charge in [-0.25, -0.2) is 0 Å². The number of amides is 3. The molecule has 32 heavy (non-hydrogen) atoms. The van der Waals surface area contributed by atoms with Crippen molar-refractivity contribution in [1.82, 2.24) is 9.80 Å². The fourth-order valence-corrected chi connectivity index (χ4v) is 4.30. The predicted molar refractivity (Wildman–Crippen MR) is 119 cm³/mol. The normalized spacial score (nSPS) is 16.0. The quantitative estimate of drug-likeness (QED) is 0.595. The van der Waals surface area contributed by atoms with Gasteiger partial charge in [-0.3, -0.25) is 19.3 Å². The van der Waals surface area contributed by atoms with E-state index in [2.05, 4.69) is 30.0 Å². The molecule has 1 fully saturated rings. The third-order valence-corrected chi connectivity index (χ3v) is 6.05. The van der Waals surface area contributed by atoms with Gasteiger partial charge in [-0.2, -0.15) is 0 Å². The van der Waals surface area contributed by atoms with Gasteiger partial charge >= 0.3 is 0 Å². The van der Waals surface area contributed by atoms with Gasteiger partial charge in [0.05, 0.1) is 23.9 Å². The summed E-state index contributed by atoms with van der Waals surface area (Å²) in [6, 6.07) is 16.5. The summed E-state index contributed by atoms with van der Waals surface area (Å²) < 4.78 is 5.27. The van der Waals surface area contributed by atoms with E-state index < -0.39 is 5.91 Å². The topological polar surface area (TPSA) is 74.1 Å². The maximum absolute atomic E-state index is 13.1. The van der Waals surface area contributed by atoms with Crippen LogP contribution < -0.4 is 4.90 Å². The highest BCUT2D eigenvalue weighted by molar-refractivity contribution is 6.22. The van der Waals surface area contributed by atoms with Gasteiger partial charge in [-0.15, -0.1) is 0 Å². The van der Waals surface area contributed by atoms with Crippen LogP contribution in [0.2, 0.25) is 0 Å². The minimum absolute atomic E-state index is 0.0730. The second kappa shape index (κ2) is 8.00. The van der Waals surface area contributed by atoms with Gasteiger partial charge < -0.3 is 14.2 Å². The van der Waals surface area contributed by atoms with Crippen molar-refractivity contribution in [3.05, 3.63) is 88.9 Å². The van der Waals surface area contributed by atoms with Crippen molar-refractivity contribution in [3.8, 4) is 0 Å². The first-order valence-electron chi connectivity index (χ1n) is 10.6. The summed E-state index contributed by atoms with van der Waals surface area (Å²) in [5.74, 6) is -0.365. The third kappa shape index (κ3) is 3.56. The molecule has 2 aliphatic rings. The van der Waals surface area contributed by atoms with E-state index in [0.717, 1.165) is 23.7 Å². The molecule has 0 spiro atoms. The lowest BCUT2D eigenvalue weighted by molar-refractivity contribution is 0.0631. The Kier molecular flexibility index (Phi) is 5.01. The molecule has 0 saturated carbocycles. The van der Waals surface area contributed by atoms with E-state index in [4.69, 9.17) is 4.42 Å². The molecular weight excluding hydrogens is 406 g/mol. The Morgan fingerprint density at radius 3 is 2.41 bits per heavy atom. The van der Waals surface area contributed by atoms with Crippen molar-refractivity contribution in [1.29, 1.82) is 0 Å². The number of piperazine rings is 1. The maximum atomic E-state index is 13.1. The number of hydrogen-bond donors (Lipinski definition) is 0. The first-order valence-corrected chi connectivity index (χ1v) is 10.6. The number of anilines is 1. The van der Waals surface area contributed by atoms with E-state index in [-0.39, 0.29) is 23.9 Å². The summed E-state index contributed by atoms with van der Waals surface area (Å²) in [7, 11) is 0. The van der Waals surface area contributed by atoms with Crippen LogP contribution in [0.1, 0.15) is 42.4 Å². The van der Waals surface area contributed by atoms with Gasteiger partial charge in [-0.1, -0.05) is 12.1 Å². The van der Waals surface area contributed by atoms with E-state index in [1.165, 1.54) is 11.8 Å². The number of benzene rings is 2. The van der Waals surface area contributed by atoms with Gasteiger partial charge in [0.2, 0.25) is 0 Å². The third-order valence-electron chi connectivity index (χ3n) is 6.05. The first kappa shape index (κ1) is 20.1. The first-order chi connectivity index (χ1) is 15.5. The van der Waals surface area contributed by atoms with Gasteiger partial charge in [0.25, 0.3) is 17.7 Å². The van der Waals surface area contributed by atoms with Gasteiger partial charge in [0.1, 0.15) is 5.76 Å². The van der Waals surface area contributed by atoms with Crippen LogP contribution in [-0.2, 0) is 6.54 Å². The lowest BCUT2D eigenvalue weighted by atomic mass is 10.0. The van der Waals surface area contributed by atoms with E-state index in [9.17, 15) is 14.4 Å². The molecule has 2 aliphatic heterocycles. The van der Waals surface area contributed by atoms with Crippen LogP contribution in [0, 0.1) is 6.92 Å². The van der Waals surface area contributed by atoms with Crippen LogP contribution in [0.25, 0.3) is 0 Å². The molecule has 2 aromatic carbocycles. The Morgan fingerprint density at radius 1 is 0.906 bits per heavy atom. The Labute approximate surface area is 185 Å². The molecule has 1 aromatic heterocycles. The average molecular weight is 429 g/mol. The average Bonchev–Trinajstić information content (AvgIpc) is 3.41. The maximum Gasteiger partial charge on any atom is 0.261 e. The Hall–Kier alpha value is -3.87.